The molecule has 1 saturated heterocycles. The Morgan fingerprint density at radius 2 is 2.00 bits per heavy atom. The lowest BCUT2D eigenvalue weighted by atomic mass is 10.0. The summed E-state index contributed by atoms with van der Waals surface area (Å²) < 4.78 is 0. The van der Waals surface area contributed by atoms with Crippen molar-refractivity contribution < 1.29 is 4.79 Å². The number of aromatic nitrogens is 3. The summed E-state index contributed by atoms with van der Waals surface area (Å²) in [5, 5.41) is 8.13. The van der Waals surface area contributed by atoms with E-state index in [0.29, 0.717) is 17.9 Å². The number of hydrogen-bond acceptors (Lipinski definition) is 5. The van der Waals surface area contributed by atoms with E-state index in [-0.39, 0.29) is 5.92 Å². The Kier molecular flexibility index (Phi) is 4.34. The van der Waals surface area contributed by atoms with Crippen LogP contribution in [0.4, 0.5) is 5.82 Å². The summed E-state index contributed by atoms with van der Waals surface area (Å²) in [6, 6.07) is 8.32. The van der Waals surface area contributed by atoms with Crippen LogP contribution in [-0.2, 0) is 4.79 Å². The number of pyridine rings is 1. The van der Waals surface area contributed by atoms with Gasteiger partial charge in [-0.1, -0.05) is 6.07 Å². The van der Waals surface area contributed by atoms with Crippen LogP contribution in [0, 0.1) is 5.92 Å². The summed E-state index contributed by atoms with van der Waals surface area (Å²) in [5.74, 6) is 1.72. The molecule has 1 aliphatic heterocycles. The zero-order valence-corrected chi connectivity index (χ0v) is 14.5. The Bertz CT molecular complexity index is 715. The number of amides is 1. The molecule has 2 aromatic rings. The molecule has 0 spiro atoms. The van der Waals surface area contributed by atoms with Crippen molar-refractivity contribution >= 4 is 11.7 Å². The van der Waals surface area contributed by atoms with E-state index >= 15 is 0 Å². The van der Waals surface area contributed by atoms with Crippen molar-refractivity contribution in [3.8, 4) is 0 Å². The first-order chi connectivity index (χ1) is 12.2. The van der Waals surface area contributed by atoms with Crippen LogP contribution in [-0.4, -0.2) is 52.2 Å². The van der Waals surface area contributed by atoms with Gasteiger partial charge in [0.2, 0.25) is 5.91 Å². The Balaban J connectivity index is 1.31. The summed E-state index contributed by atoms with van der Waals surface area (Å²) in [6.07, 6.45) is 8.27. The molecule has 3 heterocycles. The fourth-order valence-corrected chi connectivity index (χ4v) is 3.81. The summed E-state index contributed by atoms with van der Waals surface area (Å²) >= 11 is 0. The highest BCUT2D eigenvalue weighted by Gasteiger charge is 2.46. The normalized spacial score (nSPS) is 23.3. The molecule has 130 valence electrons. The molecule has 1 amide bonds. The molecule has 2 atom stereocenters. The van der Waals surface area contributed by atoms with Crippen LogP contribution in [0.2, 0.25) is 0 Å². The smallest absolute Gasteiger partial charge is 0.226 e. The second-order valence-corrected chi connectivity index (χ2v) is 6.98. The molecule has 6 nitrogen and oxygen atoms in total. The van der Waals surface area contributed by atoms with Gasteiger partial charge < -0.3 is 9.80 Å². The number of rotatable bonds is 4. The van der Waals surface area contributed by atoms with E-state index < -0.39 is 0 Å². The van der Waals surface area contributed by atoms with Crippen molar-refractivity contribution in [1.82, 2.24) is 20.1 Å². The molecule has 0 radical (unpaired) electrons. The summed E-state index contributed by atoms with van der Waals surface area (Å²) in [6.45, 7) is 1.65. The fraction of sp³-hybridized carbons (Fsp3) is 0.474. The third-order valence-electron chi connectivity index (χ3n) is 5.46. The standard InChI is InChI=1S/C19H23N5O/c1-23(18-5-3-9-21-22-18)15-6-10-24(11-7-15)19(25)17-12-16(17)14-4-2-8-20-13-14/h2-5,8-9,13,15-17H,6-7,10-12H2,1H3/t16-,17+/m0/s1. The van der Waals surface area contributed by atoms with Gasteiger partial charge in [0, 0.05) is 50.7 Å². The van der Waals surface area contributed by atoms with Gasteiger partial charge in [0.15, 0.2) is 5.82 Å². The first kappa shape index (κ1) is 16.0. The van der Waals surface area contributed by atoms with E-state index in [9.17, 15) is 4.79 Å². The molecule has 0 aromatic carbocycles. The third kappa shape index (κ3) is 3.34. The van der Waals surface area contributed by atoms with Crippen molar-refractivity contribution in [3.05, 3.63) is 48.4 Å². The average molecular weight is 337 g/mol. The van der Waals surface area contributed by atoms with E-state index in [1.165, 1.54) is 5.56 Å². The molecular weight excluding hydrogens is 314 g/mol. The van der Waals surface area contributed by atoms with Gasteiger partial charge in [-0.25, -0.2) is 0 Å². The largest absolute Gasteiger partial charge is 0.355 e. The minimum absolute atomic E-state index is 0.151. The quantitative estimate of drug-likeness (QED) is 0.855. The molecule has 1 saturated carbocycles. The van der Waals surface area contributed by atoms with Crippen molar-refractivity contribution in [2.24, 2.45) is 5.92 Å². The fourth-order valence-electron chi connectivity index (χ4n) is 3.81. The van der Waals surface area contributed by atoms with Gasteiger partial charge in [-0.15, -0.1) is 5.10 Å². The number of piperidine rings is 1. The molecule has 6 heteroatoms. The first-order valence-electron chi connectivity index (χ1n) is 8.93. The molecule has 2 aromatic heterocycles. The number of anilines is 1. The lowest BCUT2D eigenvalue weighted by molar-refractivity contribution is -0.133. The van der Waals surface area contributed by atoms with Gasteiger partial charge >= 0.3 is 0 Å². The van der Waals surface area contributed by atoms with Crippen LogP contribution < -0.4 is 4.90 Å². The van der Waals surface area contributed by atoms with Gasteiger partial charge in [-0.05, 0) is 48.9 Å². The van der Waals surface area contributed by atoms with Crippen LogP contribution in [0.25, 0.3) is 0 Å². The minimum Gasteiger partial charge on any atom is -0.355 e. The van der Waals surface area contributed by atoms with E-state index in [4.69, 9.17) is 0 Å². The van der Waals surface area contributed by atoms with Crippen molar-refractivity contribution in [2.45, 2.75) is 31.2 Å². The molecule has 2 fully saturated rings. The lowest BCUT2D eigenvalue weighted by Crippen LogP contribution is -2.46. The number of likely N-dealkylation sites (tertiary alicyclic amines) is 1. The highest BCUT2D eigenvalue weighted by Crippen LogP contribution is 2.48. The Morgan fingerprint density at radius 1 is 1.20 bits per heavy atom. The van der Waals surface area contributed by atoms with Gasteiger partial charge in [0.05, 0.1) is 0 Å². The Hall–Kier alpha value is -2.50. The zero-order valence-electron chi connectivity index (χ0n) is 14.5. The SMILES string of the molecule is CN(c1cccnn1)C1CCN(C(=O)[C@@H]2C[C@H]2c2cccnc2)CC1. The zero-order chi connectivity index (χ0) is 17.2. The Morgan fingerprint density at radius 3 is 2.68 bits per heavy atom. The maximum absolute atomic E-state index is 12.8. The predicted molar refractivity (Wildman–Crippen MR) is 95.1 cm³/mol. The van der Waals surface area contributed by atoms with Crippen molar-refractivity contribution in [1.29, 1.82) is 0 Å². The van der Waals surface area contributed by atoms with E-state index in [1.54, 1.807) is 12.4 Å². The number of carbonyl (C=O) groups is 1. The van der Waals surface area contributed by atoms with Gasteiger partial charge in [-0.2, -0.15) is 5.10 Å². The Labute approximate surface area is 147 Å². The average Bonchev–Trinajstić information content (AvgIpc) is 3.49. The topological polar surface area (TPSA) is 62.2 Å². The van der Waals surface area contributed by atoms with Gasteiger partial charge in [0.1, 0.15) is 0 Å². The van der Waals surface area contributed by atoms with Crippen LogP contribution in [0.3, 0.4) is 0 Å². The maximum atomic E-state index is 12.8. The summed E-state index contributed by atoms with van der Waals surface area (Å²) in [4.78, 5) is 21.2. The number of hydrogen-bond donors (Lipinski definition) is 0. The van der Waals surface area contributed by atoms with Crippen molar-refractivity contribution in [2.75, 3.05) is 25.0 Å². The number of carbonyl (C=O) groups excluding carboxylic acids is 1. The molecule has 2 aliphatic rings. The van der Waals surface area contributed by atoms with Crippen LogP contribution >= 0.6 is 0 Å². The lowest BCUT2D eigenvalue weighted by Gasteiger charge is -2.37. The highest BCUT2D eigenvalue weighted by molar-refractivity contribution is 5.83. The summed E-state index contributed by atoms with van der Waals surface area (Å²) in [7, 11) is 2.06. The predicted octanol–water partition coefficient (Wildman–Crippen LogP) is 2.10. The van der Waals surface area contributed by atoms with E-state index in [2.05, 4.69) is 33.2 Å². The van der Waals surface area contributed by atoms with Crippen molar-refractivity contribution in [3.63, 3.8) is 0 Å². The number of nitrogens with zero attached hydrogens (tertiary/aromatic N) is 5. The second kappa shape index (κ2) is 6.78. The minimum atomic E-state index is 0.151. The van der Waals surface area contributed by atoms with Crippen LogP contribution in [0.5, 0.6) is 0 Å². The summed E-state index contributed by atoms with van der Waals surface area (Å²) in [5.41, 5.74) is 1.19. The molecule has 0 bridgehead atoms. The van der Waals surface area contributed by atoms with Gasteiger partial charge in [0.25, 0.3) is 0 Å². The molecule has 4 rings (SSSR count). The van der Waals surface area contributed by atoms with E-state index in [0.717, 1.165) is 38.2 Å². The molecule has 0 unspecified atom stereocenters. The maximum Gasteiger partial charge on any atom is 0.226 e. The first-order valence-corrected chi connectivity index (χ1v) is 8.93. The monoisotopic (exact) mass is 337 g/mol. The van der Waals surface area contributed by atoms with Crippen LogP contribution in [0.15, 0.2) is 42.9 Å². The molecular formula is C19H23N5O. The van der Waals surface area contributed by atoms with Gasteiger partial charge in [-0.3, -0.25) is 9.78 Å². The second-order valence-electron chi connectivity index (χ2n) is 6.98. The molecule has 1 aliphatic carbocycles. The highest BCUT2D eigenvalue weighted by atomic mass is 16.2. The van der Waals surface area contributed by atoms with Crippen LogP contribution in [0.1, 0.15) is 30.7 Å². The molecule has 25 heavy (non-hydrogen) atoms. The van der Waals surface area contributed by atoms with E-state index in [1.807, 2.05) is 29.3 Å². The molecule has 0 N–H and O–H groups in total. The third-order valence-corrected chi connectivity index (χ3v) is 5.46.